The minimum absolute atomic E-state index is 0.0899. The van der Waals surface area contributed by atoms with E-state index in [-0.39, 0.29) is 11.8 Å². The Kier molecular flexibility index (Phi) is 2.99. The molecule has 3 aliphatic carbocycles. The van der Waals surface area contributed by atoms with E-state index in [0.717, 1.165) is 0 Å². The Morgan fingerprint density at radius 3 is 2.64 bits per heavy atom. The molecular weight excluding hydrogens is 298 g/mol. The van der Waals surface area contributed by atoms with Crippen LogP contribution in [0.15, 0.2) is 36.4 Å². The summed E-state index contributed by atoms with van der Waals surface area (Å²) in [4.78, 5) is 25.8. The highest BCUT2D eigenvalue weighted by molar-refractivity contribution is 6.31. The Morgan fingerprint density at radius 1 is 1.32 bits per heavy atom. The molecule has 2 saturated carbocycles. The molecule has 1 aromatic carbocycles. The van der Waals surface area contributed by atoms with Crippen LogP contribution in [0.5, 0.6) is 0 Å². The van der Waals surface area contributed by atoms with E-state index in [4.69, 9.17) is 11.6 Å². The van der Waals surface area contributed by atoms with Crippen molar-refractivity contribution in [2.45, 2.75) is 19.8 Å². The number of carbonyl (C=O) groups is 2. The van der Waals surface area contributed by atoms with Gasteiger partial charge in [-0.25, -0.2) is 0 Å². The summed E-state index contributed by atoms with van der Waals surface area (Å²) in [6.45, 7) is 2.15. The molecule has 0 aromatic heterocycles. The van der Waals surface area contributed by atoms with Crippen molar-refractivity contribution in [3.8, 4) is 0 Å². The van der Waals surface area contributed by atoms with Crippen molar-refractivity contribution in [1.82, 2.24) is 0 Å². The standard InChI is InChI=1S/C18H18ClNO2/c1-11-14-5-6-15(18(14)7-8-18)16(11)17(22)20(10-21)13-4-2-3-12(19)9-13/h2-6,9-11,14-16H,7-8H2,1H3. The fourth-order valence-electron chi connectivity index (χ4n) is 4.79. The lowest BCUT2D eigenvalue weighted by Crippen LogP contribution is -2.39. The lowest BCUT2D eigenvalue weighted by atomic mass is 9.83. The molecule has 4 atom stereocenters. The lowest BCUT2D eigenvalue weighted by molar-refractivity contribution is -0.126. The van der Waals surface area contributed by atoms with Crippen LogP contribution in [-0.4, -0.2) is 12.3 Å². The summed E-state index contributed by atoms with van der Waals surface area (Å²) in [6.07, 6.45) is 7.54. The highest BCUT2D eigenvalue weighted by Crippen LogP contribution is 2.72. The second-order valence-electron chi connectivity index (χ2n) is 6.85. The number of hydrogen-bond acceptors (Lipinski definition) is 2. The molecule has 0 N–H and O–H groups in total. The zero-order valence-corrected chi connectivity index (χ0v) is 13.2. The number of nitrogens with zero attached hydrogens (tertiary/aromatic N) is 1. The molecule has 3 aliphatic rings. The van der Waals surface area contributed by atoms with E-state index in [1.165, 1.54) is 17.7 Å². The van der Waals surface area contributed by atoms with Crippen LogP contribution in [0.3, 0.4) is 0 Å². The van der Waals surface area contributed by atoms with Gasteiger partial charge in [0.1, 0.15) is 0 Å². The van der Waals surface area contributed by atoms with Crippen molar-refractivity contribution >= 4 is 29.6 Å². The van der Waals surface area contributed by atoms with Gasteiger partial charge in [-0.1, -0.05) is 36.7 Å². The quantitative estimate of drug-likeness (QED) is 0.630. The van der Waals surface area contributed by atoms with Crippen molar-refractivity contribution in [1.29, 1.82) is 0 Å². The number of amides is 2. The maximum absolute atomic E-state index is 13.0. The Labute approximate surface area is 134 Å². The molecule has 4 rings (SSSR count). The summed E-state index contributed by atoms with van der Waals surface area (Å²) < 4.78 is 0. The first-order valence-corrected chi connectivity index (χ1v) is 8.18. The van der Waals surface area contributed by atoms with Gasteiger partial charge in [0.15, 0.2) is 0 Å². The molecule has 114 valence electrons. The molecule has 0 heterocycles. The van der Waals surface area contributed by atoms with Gasteiger partial charge in [0.05, 0.1) is 5.69 Å². The molecule has 1 spiro atoms. The minimum Gasteiger partial charge on any atom is -0.278 e. The number of halogens is 1. The number of anilines is 1. The van der Waals surface area contributed by atoms with Crippen LogP contribution in [0.1, 0.15) is 19.8 Å². The van der Waals surface area contributed by atoms with Gasteiger partial charge in [0.25, 0.3) is 0 Å². The van der Waals surface area contributed by atoms with E-state index in [2.05, 4.69) is 19.1 Å². The van der Waals surface area contributed by atoms with Crippen LogP contribution >= 0.6 is 11.6 Å². The van der Waals surface area contributed by atoms with E-state index in [9.17, 15) is 9.59 Å². The average molecular weight is 316 g/mol. The number of carbonyl (C=O) groups excluding carboxylic acids is 2. The molecule has 0 aliphatic heterocycles. The Hall–Kier alpha value is -1.61. The van der Waals surface area contributed by atoms with Crippen molar-refractivity contribution in [3.63, 3.8) is 0 Å². The fourth-order valence-corrected chi connectivity index (χ4v) is 4.97. The van der Waals surface area contributed by atoms with E-state index in [1.54, 1.807) is 24.3 Å². The van der Waals surface area contributed by atoms with Gasteiger partial charge in [-0.2, -0.15) is 0 Å². The first kappa shape index (κ1) is 14.0. The maximum Gasteiger partial charge on any atom is 0.237 e. The molecule has 2 fully saturated rings. The predicted molar refractivity (Wildman–Crippen MR) is 85.4 cm³/mol. The number of allylic oxidation sites excluding steroid dienone is 2. The monoisotopic (exact) mass is 315 g/mol. The fraction of sp³-hybridized carbons (Fsp3) is 0.444. The van der Waals surface area contributed by atoms with E-state index in [0.29, 0.717) is 40.3 Å². The molecule has 22 heavy (non-hydrogen) atoms. The van der Waals surface area contributed by atoms with Crippen LogP contribution in [0.4, 0.5) is 5.69 Å². The highest BCUT2D eigenvalue weighted by atomic mass is 35.5. The van der Waals surface area contributed by atoms with Crippen molar-refractivity contribution in [3.05, 3.63) is 41.4 Å². The van der Waals surface area contributed by atoms with Crippen molar-refractivity contribution < 1.29 is 9.59 Å². The summed E-state index contributed by atoms with van der Waals surface area (Å²) in [5, 5.41) is 0.525. The van der Waals surface area contributed by atoms with E-state index in [1.807, 2.05) is 0 Å². The normalized spacial score (nSPS) is 33.2. The van der Waals surface area contributed by atoms with Gasteiger partial charge >= 0.3 is 0 Å². The van der Waals surface area contributed by atoms with Crippen molar-refractivity contribution in [2.75, 3.05) is 4.90 Å². The van der Waals surface area contributed by atoms with Crippen LogP contribution in [0, 0.1) is 29.1 Å². The second-order valence-corrected chi connectivity index (χ2v) is 7.28. The van der Waals surface area contributed by atoms with Gasteiger partial charge in [0, 0.05) is 10.9 Å². The van der Waals surface area contributed by atoms with Gasteiger partial charge in [-0.05, 0) is 54.2 Å². The van der Waals surface area contributed by atoms with E-state index >= 15 is 0 Å². The minimum atomic E-state index is -0.0957. The SMILES string of the molecule is CC1C(C(=O)N(C=O)c2cccc(Cl)c2)C2C=CC1C21CC1. The van der Waals surface area contributed by atoms with Crippen LogP contribution in [-0.2, 0) is 9.59 Å². The van der Waals surface area contributed by atoms with Gasteiger partial charge in [-0.15, -0.1) is 0 Å². The Balaban J connectivity index is 1.66. The first-order valence-electron chi connectivity index (χ1n) is 7.81. The van der Waals surface area contributed by atoms with Crippen LogP contribution in [0.25, 0.3) is 0 Å². The zero-order valence-electron chi connectivity index (χ0n) is 12.4. The van der Waals surface area contributed by atoms with Gasteiger partial charge in [-0.3, -0.25) is 14.5 Å². The third-order valence-electron chi connectivity index (χ3n) is 5.92. The second kappa shape index (κ2) is 4.69. The third kappa shape index (κ3) is 1.75. The molecule has 3 nitrogen and oxygen atoms in total. The number of hydrogen-bond donors (Lipinski definition) is 0. The summed E-state index contributed by atoms with van der Waals surface area (Å²) in [5.41, 5.74) is 0.874. The Morgan fingerprint density at radius 2 is 2.05 bits per heavy atom. The maximum atomic E-state index is 13.0. The highest BCUT2D eigenvalue weighted by Gasteiger charge is 2.67. The van der Waals surface area contributed by atoms with Crippen molar-refractivity contribution in [2.24, 2.45) is 29.1 Å². The van der Waals surface area contributed by atoms with Gasteiger partial charge in [0.2, 0.25) is 12.3 Å². The third-order valence-corrected chi connectivity index (χ3v) is 6.15. The van der Waals surface area contributed by atoms with Crippen LogP contribution in [0.2, 0.25) is 5.02 Å². The summed E-state index contributed by atoms with van der Waals surface area (Å²) >= 11 is 5.99. The molecule has 4 heteroatoms. The summed E-state index contributed by atoms with van der Waals surface area (Å²) in [6, 6.07) is 6.90. The predicted octanol–water partition coefficient (Wildman–Crippen LogP) is 3.68. The molecule has 2 amide bonds. The molecule has 1 aromatic rings. The topological polar surface area (TPSA) is 37.4 Å². The lowest BCUT2D eigenvalue weighted by Gasteiger charge is -2.27. The smallest absolute Gasteiger partial charge is 0.237 e. The number of benzene rings is 1. The van der Waals surface area contributed by atoms with E-state index < -0.39 is 0 Å². The average Bonchev–Trinajstić information content (AvgIpc) is 3.15. The summed E-state index contributed by atoms with van der Waals surface area (Å²) in [7, 11) is 0. The number of rotatable bonds is 3. The largest absolute Gasteiger partial charge is 0.278 e. The van der Waals surface area contributed by atoms with Gasteiger partial charge < -0.3 is 0 Å². The van der Waals surface area contributed by atoms with Crippen LogP contribution < -0.4 is 4.90 Å². The first-order chi connectivity index (χ1) is 10.6. The molecule has 0 radical (unpaired) electrons. The number of imide groups is 1. The molecule has 2 bridgehead atoms. The zero-order chi connectivity index (χ0) is 15.5. The summed E-state index contributed by atoms with van der Waals surface area (Å²) in [5.74, 6) is 0.905. The Bertz CT molecular complexity index is 679. The molecular formula is C18H18ClNO2. The molecule has 4 unspecified atom stereocenters. The molecule has 0 saturated heterocycles.